The molecule has 2 heterocycles. The molecule has 6 heteroatoms. The number of aryl methyl sites for hydroxylation is 1. The lowest BCUT2D eigenvalue weighted by Gasteiger charge is -2.22. The summed E-state index contributed by atoms with van der Waals surface area (Å²) >= 11 is 0. The molecule has 0 N–H and O–H groups in total. The standard InChI is InChI=1S/C14H15F2N3O/c1-9-17-18-14(10-4-3-7-20-8-10)19(9)13-11(15)5-2-6-12(13)16/h2,5-6,10H,3-4,7-8H2,1H3/t10-/m1/s1. The molecule has 1 aliphatic rings. The molecule has 2 aromatic rings. The minimum absolute atomic E-state index is 0.0176. The third-order valence-corrected chi connectivity index (χ3v) is 3.54. The monoisotopic (exact) mass is 279 g/mol. The van der Waals surface area contributed by atoms with Gasteiger partial charge < -0.3 is 4.74 Å². The van der Waals surface area contributed by atoms with Crippen LogP contribution in [0.4, 0.5) is 8.78 Å². The zero-order valence-electron chi connectivity index (χ0n) is 11.1. The van der Waals surface area contributed by atoms with Crippen molar-refractivity contribution in [1.29, 1.82) is 0 Å². The lowest BCUT2D eigenvalue weighted by atomic mass is 10.0. The second kappa shape index (κ2) is 5.28. The molecule has 0 bridgehead atoms. The molecule has 20 heavy (non-hydrogen) atoms. The van der Waals surface area contributed by atoms with Crippen molar-refractivity contribution in [2.75, 3.05) is 13.2 Å². The van der Waals surface area contributed by atoms with E-state index in [1.54, 1.807) is 6.92 Å². The van der Waals surface area contributed by atoms with Gasteiger partial charge >= 0.3 is 0 Å². The first-order valence-electron chi connectivity index (χ1n) is 6.62. The second-order valence-electron chi connectivity index (χ2n) is 4.93. The maximum Gasteiger partial charge on any atom is 0.150 e. The highest BCUT2D eigenvalue weighted by atomic mass is 19.1. The fourth-order valence-electron chi connectivity index (χ4n) is 2.57. The van der Waals surface area contributed by atoms with Crippen molar-refractivity contribution in [3.05, 3.63) is 41.5 Å². The second-order valence-corrected chi connectivity index (χ2v) is 4.93. The molecule has 0 radical (unpaired) electrons. The van der Waals surface area contributed by atoms with Crippen LogP contribution >= 0.6 is 0 Å². The van der Waals surface area contributed by atoms with Gasteiger partial charge in [-0.1, -0.05) is 6.07 Å². The van der Waals surface area contributed by atoms with E-state index in [-0.39, 0.29) is 11.6 Å². The van der Waals surface area contributed by atoms with E-state index in [2.05, 4.69) is 10.2 Å². The predicted octanol–water partition coefficient (Wildman–Crippen LogP) is 2.75. The van der Waals surface area contributed by atoms with Gasteiger partial charge in [0, 0.05) is 12.5 Å². The Kier molecular flexibility index (Phi) is 3.48. The van der Waals surface area contributed by atoms with Gasteiger partial charge in [0.2, 0.25) is 0 Å². The van der Waals surface area contributed by atoms with Gasteiger partial charge in [0.1, 0.15) is 29.0 Å². The Morgan fingerprint density at radius 3 is 2.65 bits per heavy atom. The third kappa shape index (κ3) is 2.20. The Bertz CT molecular complexity index is 601. The number of aromatic nitrogens is 3. The molecule has 0 saturated carbocycles. The predicted molar refractivity (Wildman–Crippen MR) is 68.8 cm³/mol. The van der Waals surface area contributed by atoms with Crippen LogP contribution in [0.25, 0.3) is 5.69 Å². The molecule has 1 aromatic carbocycles. The highest BCUT2D eigenvalue weighted by Crippen LogP contribution is 2.28. The Morgan fingerprint density at radius 1 is 1.25 bits per heavy atom. The summed E-state index contributed by atoms with van der Waals surface area (Å²) in [5.74, 6) is -0.193. The van der Waals surface area contributed by atoms with Crippen LogP contribution in [0.3, 0.4) is 0 Å². The maximum absolute atomic E-state index is 14.0. The molecule has 1 saturated heterocycles. The van der Waals surface area contributed by atoms with Crippen LogP contribution < -0.4 is 0 Å². The van der Waals surface area contributed by atoms with Gasteiger partial charge in [0.25, 0.3) is 0 Å². The van der Waals surface area contributed by atoms with E-state index in [0.717, 1.165) is 19.4 Å². The summed E-state index contributed by atoms with van der Waals surface area (Å²) in [6.07, 6.45) is 1.80. The summed E-state index contributed by atoms with van der Waals surface area (Å²) < 4.78 is 34.9. The molecule has 0 aliphatic carbocycles. The molecule has 1 fully saturated rings. The Morgan fingerprint density at radius 2 is 2.00 bits per heavy atom. The van der Waals surface area contributed by atoms with Gasteiger partial charge in [0.15, 0.2) is 0 Å². The SMILES string of the molecule is Cc1nnc([C@@H]2CCCOC2)n1-c1c(F)cccc1F. The summed E-state index contributed by atoms with van der Waals surface area (Å²) in [5.41, 5.74) is -0.115. The van der Waals surface area contributed by atoms with Crippen molar-refractivity contribution in [1.82, 2.24) is 14.8 Å². The number of nitrogens with zero attached hydrogens (tertiary/aromatic N) is 3. The average Bonchev–Trinajstić information content (AvgIpc) is 2.82. The largest absolute Gasteiger partial charge is 0.381 e. The molecule has 0 spiro atoms. The highest BCUT2D eigenvalue weighted by molar-refractivity contribution is 5.38. The first-order chi connectivity index (χ1) is 9.68. The van der Waals surface area contributed by atoms with E-state index in [1.807, 2.05) is 0 Å². The fraction of sp³-hybridized carbons (Fsp3) is 0.429. The van der Waals surface area contributed by atoms with Crippen LogP contribution in [0, 0.1) is 18.6 Å². The van der Waals surface area contributed by atoms with Gasteiger partial charge in [-0.2, -0.15) is 0 Å². The summed E-state index contributed by atoms with van der Waals surface area (Å²) in [7, 11) is 0. The number of ether oxygens (including phenoxy) is 1. The van der Waals surface area contributed by atoms with Gasteiger partial charge in [-0.15, -0.1) is 10.2 Å². The van der Waals surface area contributed by atoms with E-state index >= 15 is 0 Å². The lowest BCUT2D eigenvalue weighted by Crippen LogP contribution is -2.20. The van der Waals surface area contributed by atoms with Crippen LogP contribution in [0.2, 0.25) is 0 Å². The maximum atomic E-state index is 14.0. The summed E-state index contributed by atoms with van der Waals surface area (Å²) in [6.45, 7) is 2.91. The molecule has 1 aliphatic heterocycles. The molecular formula is C14H15F2N3O. The fourth-order valence-corrected chi connectivity index (χ4v) is 2.57. The Hall–Kier alpha value is -1.82. The molecule has 106 valence electrons. The number of para-hydroxylation sites is 1. The number of halogens is 2. The number of hydrogen-bond acceptors (Lipinski definition) is 3. The van der Waals surface area contributed by atoms with E-state index in [1.165, 1.54) is 22.8 Å². The number of rotatable bonds is 2. The van der Waals surface area contributed by atoms with Crippen molar-refractivity contribution in [3.8, 4) is 5.69 Å². The van der Waals surface area contributed by atoms with Crippen LogP contribution in [0.1, 0.15) is 30.4 Å². The Balaban J connectivity index is 2.11. The third-order valence-electron chi connectivity index (χ3n) is 3.54. The molecule has 1 aromatic heterocycles. The molecule has 3 rings (SSSR count). The highest BCUT2D eigenvalue weighted by Gasteiger charge is 2.26. The smallest absolute Gasteiger partial charge is 0.150 e. The van der Waals surface area contributed by atoms with Crippen molar-refractivity contribution >= 4 is 0 Å². The van der Waals surface area contributed by atoms with Crippen molar-refractivity contribution in [2.45, 2.75) is 25.7 Å². The minimum atomic E-state index is -0.620. The lowest BCUT2D eigenvalue weighted by molar-refractivity contribution is 0.0775. The molecule has 0 unspecified atom stereocenters. The summed E-state index contributed by atoms with van der Waals surface area (Å²) in [6, 6.07) is 3.81. The van der Waals surface area contributed by atoms with Crippen LogP contribution in [0.5, 0.6) is 0 Å². The summed E-state index contributed by atoms with van der Waals surface area (Å²) in [5, 5.41) is 8.07. The molecule has 0 amide bonds. The average molecular weight is 279 g/mol. The van der Waals surface area contributed by atoms with E-state index in [4.69, 9.17) is 4.74 Å². The van der Waals surface area contributed by atoms with E-state index in [0.29, 0.717) is 18.3 Å². The first kappa shape index (κ1) is 13.2. The number of hydrogen-bond donors (Lipinski definition) is 0. The number of benzene rings is 1. The van der Waals surface area contributed by atoms with Crippen molar-refractivity contribution in [2.24, 2.45) is 0 Å². The van der Waals surface area contributed by atoms with Crippen LogP contribution in [-0.4, -0.2) is 28.0 Å². The van der Waals surface area contributed by atoms with Gasteiger partial charge in [-0.05, 0) is 31.9 Å². The van der Waals surface area contributed by atoms with E-state index in [9.17, 15) is 8.78 Å². The van der Waals surface area contributed by atoms with Crippen molar-refractivity contribution < 1.29 is 13.5 Å². The first-order valence-corrected chi connectivity index (χ1v) is 6.62. The molecule has 1 atom stereocenters. The van der Waals surface area contributed by atoms with Gasteiger partial charge in [0.05, 0.1) is 6.61 Å². The van der Waals surface area contributed by atoms with Crippen LogP contribution in [0.15, 0.2) is 18.2 Å². The minimum Gasteiger partial charge on any atom is -0.381 e. The van der Waals surface area contributed by atoms with Crippen molar-refractivity contribution in [3.63, 3.8) is 0 Å². The molecular weight excluding hydrogens is 264 g/mol. The van der Waals surface area contributed by atoms with Crippen LogP contribution in [-0.2, 0) is 4.74 Å². The zero-order chi connectivity index (χ0) is 14.1. The van der Waals surface area contributed by atoms with Gasteiger partial charge in [-0.25, -0.2) is 8.78 Å². The van der Waals surface area contributed by atoms with E-state index < -0.39 is 11.6 Å². The zero-order valence-corrected chi connectivity index (χ0v) is 11.1. The topological polar surface area (TPSA) is 39.9 Å². The normalized spacial score (nSPS) is 19.2. The quantitative estimate of drug-likeness (QED) is 0.848. The summed E-state index contributed by atoms with van der Waals surface area (Å²) in [4.78, 5) is 0. The Labute approximate surface area is 115 Å². The molecule has 4 nitrogen and oxygen atoms in total. The van der Waals surface area contributed by atoms with Gasteiger partial charge in [-0.3, -0.25) is 4.57 Å².